The summed E-state index contributed by atoms with van der Waals surface area (Å²) in [4.78, 5) is 4.35. The summed E-state index contributed by atoms with van der Waals surface area (Å²) in [5.41, 5.74) is -0.0206. The summed E-state index contributed by atoms with van der Waals surface area (Å²) in [5, 5.41) is 8.41. The Balaban J connectivity index is 2.64. The number of halogens is 1. The fourth-order valence-corrected chi connectivity index (χ4v) is 1.51. The van der Waals surface area contributed by atoms with E-state index in [1.54, 1.807) is 0 Å². The van der Waals surface area contributed by atoms with Crippen molar-refractivity contribution < 1.29 is 0 Å². The molecule has 1 aromatic rings. The maximum atomic E-state index is 5.65. The van der Waals surface area contributed by atoms with Crippen LogP contribution in [0.4, 0.5) is 0 Å². The number of hydrogen-bond donors (Lipinski definition) is 1. The lowest BCUT2D eigenvalue weighted by Gasteiger charge is -2.11. The summed E-state index contributed by atoms with van der Waals surface area (Å²) >= 11 is 7.15. The van der Waals surface area contributed by atoms with Gasteiger partial charge in [0.15, 0.2) is 11.0 Å². The SMILES string of the molecule is C=C(Cl)CSc1nc(C(C)(C)C)n[nH]1. The van der Waals surface area contributed by atoms with Gasteiger partial charge >= 0.3 is 0 Å². The molecule has 0 atom stereocenters. The van der Waals surface area contributed by atoms with E-state index in [0.717, 1.165) is 11.0 Å². The number of hydrogen-bond acceptors (Lipinski definition) is 3. The van der Waals surface area contributed by atoms with Crippen molar-refractivity contribution in [2.45, 2.75) is 31.3 Å². The van der Waals surface area contributed by atoms with E-state index in [9.17, 15) is 0 Å². The Hall–Kier alpha value is -0.480. The minimum Gasteiger partial charge on any atom is -0.254 e. The zero-order chi connectivity index (χ0) is 10.8. The van der Waals surface area contributed by atoms with Gasteiger partial charge in [0.25, 0.3) is 0 Å². The first-order chi connectivity index (χ1) is 6.39. The molecule has 0 aliphatic rings. The Morgan fingerprint density at radius 2 is 2.21 bits per heavy atom. The van der Waals surface area contributed by atoms with Crippen molar-refractivity contribution in [2.75, 3.05) is 5.75 Å². The van der Waals surface area contributed by atoms with Gasteiger partial charge in [0.2, 0.25) is 0 Å². The molecule has 0 saturated carbocycles. The van der Waals surface area contributed by atoms with E-state index in [0.29, 0.717) is 10.8 Å². The minimum absolute atomic E-state index is 0.0206. The topological polar surface area (TPSA) is 41.6 Å². The molecule has 0 radical (unpaired) electrons. The van der Waals surface area contributed by atoms with Crippen LogP contribution >= 0.6 is 23.4 Å². The van der Waals surface area contributed by atoms with Crippen LogP contribution in [0.2, 0.25) is 0 Å². The lowest BCUT2D eigenvalue weighted by atomic mass is 9.96. The van der Waals surface area contributed by atoms with Crippen LogP contribution in [0.3, 0.4) is 0 Å². The standard InChI is InChI=1S/C9H14ClN3S/c1-6(10)5-14-8-11-7(12-13-8)9(2,3)4/h1,5H2,2-4H3,(H,11,12,13). The summed E-state index contributed by atoms with van der Waals surface area (Å²) < 4.78 is 0. The number of rotatable bonds is 3. The molecule has 5 heteroatoms. The van der Waals surface area contributed by atoms with E-state index in [1.165, 1.54) is 11.8 Å². The van der Waals surface area contributed by atoms with E-state index < -0.39 is 0 Å². The molecule has 1 heterocycles. The average molecular weight is 232 g/mol. The first-order valence-corrected chi connectivity index (χ1v) is 5.65. The maximum Gasteiger partial charge on any atom is 0.184 e. The largest absolute Gasteiger partial charge is 0.254 e. The second-order valence-electron chi connectivity index (χ2n) is 4.02. The molecule has 0 bridgehead atoms. The minimum atomic E-state index is -0.0206. The van der Waals surface area contributed by atoms with Crippen LogP contribution in [0.1, 0.15) is 26.6 Å². The number of aromatic nitrogens is 3. The third-order valence-electron chi connectivity index (χ3n) is 1.50. The zero-order valence-corrected chi connectivity index (χ0v) is 10.2. The van der Waals surface area contributed by atoms with E-state index in [2.05, 4.69) is 42.5 Å². The third kappa shape index (κ3) is 3.35. The Morgan fingerprint density at radius 1 is 1.57 bits per heavy atom. The third-order valence-corrected chi connectivity index (χ3v) is 2.74. The molecule has 1 rings (SSSR count). The quantitative estimate of drug-likeness (QED) is 0.814. The number of nitrogens with one attached hydrogen (secondary N) is 1. The molecule has 0 aromatic carbocycles. The van der Waals surface area contributed by atoms with Gasteiger partial charge in [-0.2, -0.15) is 5.10 Å². The van der Waals surface area contributed by atoms with Gasteiger partial charge in [0.05, 0.1) is 0 Å². The second kappa shape index (κ2) is 4.36. The molecule has 0 fully saturated rings. The van der Waals surface area contributed by atoms with E-state index in [4.69, 9.17) is 11.6 Å². The Morgan fingerprint density at radius 3 is 2.64 bits per heavy atom. The number of aromatic amines is 1. The Kier molecular flexibility index (Phi) is 3.61. The highest BCUT2D eigenvalue weighted by molar-refractivity contribution is 7.99. The van der Waals surface area contributed by atoms with Crippen LogP contribution in [0.25, 0.3) is 0 Å². The normalized spacial score (nSPS) is 11.7. The van der Waals surface area contributed by atoms with E-state index >= 15 is 0 Å². The highest BCUT2D eigenvalue weighted by Crippen LogP contribution is 2.22. The van der Waals surface area contributed by atoms with Crippen LogP contribution in [0.15, 0.2) is 16.8 Å². The van der Waals surface area contributed by atoms with Crippen molar-refractivity contribution in [2.24, 2.45) is 0 Å². The first kappa shape index (κ1) is 11.6. The van der Waals surface area contributed by atoms with Crippen molar-refractivity contribution in [3.63, 3.8) is 0 Å². The van der Waals surface area contributed by atoms with Gasteiger partial charge in [0, 0.05) is 16.2 Å². The summed E-state index contributed by atoms with van der Waals surface area (Å²) in [6.45, 7) is 9.83. The predicted molar refractivity (Wildman–Crippen MR) is 60.8 cm³/mol. The van der Waals surface area contributed by atoms with Crippen molar-refractivity contribution in [3.05, 3.63) is 17.4 Å². The van der Waals surface area contributed by atoms with Crippen LogP contribution in [-0.4, -0.2) is 20.9 Å². The monoisotopic (exact) mass is 231 g/mol. The van der Waals surface area contributed by atoms with Crippen LogP contribution in [0, 0.1) is 0 Å². The molecule has 3 nitrogen and oxygen atoms in total. The highest BCUT2D eigenvalue weighted by atomic mass is 35.5. The lowest BCUT2D eigenvalue weighted by molar-refractivity contribution is 0.547. The van der Waals surface area contributed by atoms with Gasteiger partial charge < -0.3 is 0 Å². The van der Waals surface area contributed by atoms with E-state index in [-0.39, 0.29) is 5.41 Å². The maximum absolute atomic E-state index is 5.65. The Bertz CT molecular complexity index is 327. The molecule has 0 saturated heterocycles. The molecule has 0 aliphatic heterocycles. The molecule has 1 aromatic heterocycles. The smallest absolute Gasteiger partial charge is 0.184 e. The number of H-pyrrole nitrogens is 1. The molecule has 0 spiro atoms. The van der Waals surface area contributed by atoms with Gasteiger partial charge in [0.1, 0.15) is 0 Å². The highest BCUT2D eigenvalue weighted by Gasteiger charge is 2.19. The molecular formula is C9H14ClN3S. The predicted octanol–water partition coefficient (Wildman–Crippen LogP) is 2.95. The fraction of sp³-hybridized carbons (Fsp3) is 0.556. The van der Waals surface area contributed by atoms with E-state index in [1.807, 2.05) is 0 Å². The van der Waals surface area contributed by atoms with Crippen molar-refractivity contribution in [1.82, 2.24) is 15.2 Å². The van der Waals surface area contributed by atoms with Gasteiger partial charge in [-0.3, -0.25) is 5.10 Å². The van der Waals surface area contributed by atoms with Gasteiger partial charge in [-0.15, -0.1) is 0 Å². The van der Waals surface area contributed by atoms with Crippen LogP contribution < -0.4 is 0 Å². The van der Waals surface area contributed by atoms with Crippen molar-refractivity contribution >= 4 is 23.4 Å². The molecule has 0 amide bonds. The van der Waals surface area contributed by atoms with Gasteiger partial charge in [-0.05, 0) is 0 Å². The molecule has 14 heavy (non-hydrogen) atoms. The van der Waals surface area contributed by atoms with Crippen LogP contribution in [-0.2, 0) is 5.41 Å². The van der Waals surface area contributed by atoms with Gasteiger partial charge in [-0.25, -0.2) is 4.98 Å². The number of nitrogens with zero attached hydrogens (tertiary/aromatic N) is 2. The molecule has 0 aliphatic carbocycles. The van der Waals surface area contributed by atoms with Gasteiger partial charge in [-0.1, -0.05) is 50.7 Å². The second-order valence-corrected chi connectivity index (χ2v) is 5.52. The summed E-state index contributed by atoms with van der Waals surface area (Å²) in [6, 6.07) is 0. The molecular weight excluding hydrogens is 218 g/mol. The van der Waals surface area contributed by atoms with Crippen molar-refractivity contribution in [3.8, 4) is 0 Å². The fourth-order valence-electron chi connectivity index (χ4n) is 0.794. The molecule has 1 N–H and O–H groups in total. The lowest BCUT2D eigenvalue weighted by Crippen LogP contribution is -2.13. The Labute approximate surface area is 93.3 Å². The van der Waals surface area contributed by atoms with Crippen molar-refractivity contribution in [1.29, 1.82) is 0 Å². The zero-order valence-electron chi connectivity index (χ0n) is 8.59. The average Bonchev–Trinajstić information content (AvgIpc) is 2.47. The number of thioether (sulfide) groups is 1. The van der Waals surface area contributed by atoms with Crippen LogP contribution in [0.5, 0.6) is 0 Å². The molecule has 78 valence electrons. The molecule has 0 unspecified atom stereocenters. The summed E-state index contributed by atoms with van der Waals surface area (Å²) in [5.74, 6) is 1.47. The first-order valence-electron chi connectivity index (χ1n) is 4.28. The summed E-state index contributed by atoms with van der Waals surface area (Å²) in [7, 11) is 0. The summed E-state index contributed by atoms with van der Waals surface area (Å²) in [6.07, 6.45) is 0.